The van der Waals surface area contributed by atoms with Crippen molar-refractivity contribution in [3.05, 3.63) is 217 Å². The van der Waals surface area contributed by atoms with Gasteiger partial charge in [-0.15, -0.1) is 0 Å². The summed E-state index contributed by atoms with van der Waals surface area (Å²) in [5.74, 6) is 0. The van der Waals surface area contributed by atoms with Gasteiger partial charge in [0.1, 0.15) is 11.4 Å². The van der Waals surface area contributed by atoms with Crippen LogP contribution in [0, 0.1) is 0 Å². The summed E-state index contributed by atoms with van der Waals surface area (Å²) in [5, 5.41) is 6.50. The molecule has 11 rings (SSSR count). The molecule has 2 aromatic heterocycles. The first-order valence-corrected chi connectivity index (χ1v) is 18.9. The molecule has 0 amide bonds. The lowest BCUT2D eigenvalue weighted by atomic mass is 9.91. The van der Waals surface area contributed by atoms with E-state index in [1.54, 1.807) is 0 Å². The molecule has 4 nitrogen and oxygen atoms in total. The zero-order valence-electron chi connectivity index (χ0n) is 30.3. The third kappa shape index (κ3) is 5.31. The van der Waals surface area contributed by atoms with Crippen LogP contribution in [0.3, 0.4) is 0 Å². The Hall–Kier alpha value is -7.56. The van der Waals surface area contributed by atoms with Gasteiger partial charge in [0.2, 0.25) is 0 Å². The molecule has 0 aliphatic carbocycles. The largest absolute Gasteiger partial charge is 0.244 e. The van der Waals surface area contributed by atoms with E-state index in [2.05, 4.69) is 170 Å². The number of benzene rings is 8. The highest BCUT2D eigenvalue weighted by Crippen LogP contribution is 2.39. The number of pyridine rings is 2. The first-order chi connectivity index (χ1) is 27.8. The van der Waals surface area contributed by atoms with Gasteiger partial charge >= 0.3 is 0 Å². The van der Waals surface area contributed by atoms with Crippen molar-refractivity contribution in [2.75, 3.05) is 0 Å². The number of hydrogen-bond donors (Lipinski definition) is 0. The van der Waals surface area contributed by atoms with Crippen LogP contribution in [0.5, 0.6) is 0 Å². The van der Waals surface area contributed by atoms with Gasteiger partial charge in [-0.25, -0.2) is 20.0 Å². The minimum Gasteiger partial charge on any atom is -0.244 e. The van der Waals surface area contributed by atoms with E-state index in [0.29, 0.717) is 0 Å². The summed E-state index contributed by atoms with van der Waals surface area (Å²) in [4.78, 5) is 22.1. The predicted molar refractivity (Wildman–Crippen MR) is 233 cm³/mol. The first-order valence-electron chi connectivity index (χ1n) is 18.9. The molecule has 4 heteroatoms. The molecule has 0 spiro atoms. The van der Waals surface area contributed by atoms with Crippen LogP contribution in [0.2, 0.25) is 0 Å². The molecule has 0 atom stereocenters. The second-order valence-electron chi connectivity index (χ2n) is 14.2. The summed E-state index contributed by atoms with van der Waals surface area (Å²) in [6.07, 6.45) is 0. The molecular formula is C52H32N4. The molecule has 0 saturated heterocycles. The molecular weight excluding hydrogens is 681 g/mol. The number of fused-ring (bicyclic) bond motifs is 6. The first kappa shape index (κ1) is 31.9. The fourth-order valence-corrected chi connectivity index (χ4v) is 8.22. The summed E-state index contributed by atoms with van der Waals surface area (Å²) >= 11 is 0. The minimum absolute atomic E-state index is 0.725. The van der Waals surface area contributed by atoms with Crippen LogP contribution >= 0.6 is 0 Å². The van der Waals surface area contributed by atoms with Gasteiger partial charge in [-0.3, -0.25) is 0 Å². The average Bonchev–Trinajstić information content (AvgIpc) is 3.26. The Labute approximate surface area is 323 Å². The van der Waals surface area contributed by atoms with Gasteiger partial charge in [0.25, 0.3) is 0 Å². The molecule has 1 aliphatic heterocycles. The molecule has 8 aromatic carbocycles. The van der Waals surface area contributed by atoms with Crippen molar-refractivity contribution in [1.29, 1.82) is 0 Å². The van der Waals surface area contributed by atoms with Gasteiger partial charge in [0.15, 0.2) is 0 Å². The minimum atomic E-state index is 0.725. The smallest absolute Gasteiger partial charge is 0.116 e. The van der Waals surface area contributed by atoms with E-state index in [9.17, 15) is 0 Å². The molecule has 0 fully saturated rings. The van der Waals surface area contributed by atoms with Gasteiger partial charge in [0, 0.05) is 21.9 Å². The number of rotatable bonds is 4. The number of hydrogen-bond acceptors (Lipinski definition) is 4. The third-order valence-electron chi connectivity index (χ3n) is 10.8. The van der Waals surface area contributed by atoms with Gasteiger partial charge in [-0.2, -0.15) is 0 Å². The molecule has 1 aliphatic rings. The summed E-state index contributed by atoms with van der Waals surface area (Å²) in [6, 6.07) is 67.9. The Morgan fingerprint density at radius 2 is 0.643 bits per heavy atom. The van der Waals surface area contributed by atoms with E-state index in [1.165, 1.54) is 22.3 Å². The van der Waals surface area contributed by atoms with Crippen LogP contribution in [0.15, 0.2) is 204 Å². The van der Waals surface area contributed by atoms with E-state index >= 15 is 0 Å². The summed E-state index contributed by atoms with van der Waals surface area (Å²) in [5.41, 5.74) is 12.9. The van der Waals surface area contributed by atoms with Crippen molar-refractivity contribution >= 4 is 66.1 Å². The van der Waals surface area contributed by atoms with Crippen LogP contribution in [0.25, 0.3) is 65.6 Å². The van der Waals surface area contributed by atoms with E-state index < -0.39 is 0 Å². The van der Waals surface area contributed by atoms with Crippen molar-refractivity contribution in [1.82, 2.24) is 9.97 Å². The van der Waals surface area contributed by atoms with E-state index in [4.69, 9.17) is 20.0 Å². The lowest BCUT2D eigenvalue weighted by Gasteiger charge is -2.20. The SMILES string of the molecule is c1ccc(-c2cccc3c(/C4=N/c5cc6ccccc6nc5/C(c5cccc6c(-c7ccccc7)cccc56)=N\c5cc6ccccc6nc54)cccc23)cc1. The second-order valence-corrected chi connectivity index (χ2v) is 14.2. The van der Waals surface area contributed by atoms with Gasteiger partial charge in [0.05, 0.1) is 33.8 Å². The fraction of sp³-hybridized carbons (Fsp3) is 0. The molecule has 0 saturated carbocycles. The predicted octanol–water partition coefficient (Wildman–Crippen LogP) is 13.1. The van der Waals surface area contributed by atoms with Crippen LogP contribution in [0.1, 0.15) is 22.5 Å². The van der Waals surface area contributed by atoms with Crippen molar-refractivity contribution in [2.45, 2.75) is 0 Å². The molecule has 260 valence electrons. The van der Waals surface area contributed by atoms with E-state index in [1.807, 2.05) is 24.3 Å². The molecule has 0 N–H and O–H groups in total. The van der Waals surface area contributed by atoms with Crippen molar-refractivity contribution in [2.24, 2.45) is 9.98 Å². The third-order valence-corrected chi connectivity index (χ3v) is 10.8. The number of para-hydroxylation sites is 2. The molecule has 0 bridgehead atoms. The van der Waals surface area contributed by atoms with Crippen molar-refractivity contribution in [3.8, 4) is 22.3 Å². The Bertz CT molecular complexity index is 3020. The zero-order valence-corrected chi connectivity index (χ0v) is 30.3. The number of aliphatic imine (C=N–C) groups is 2. The highest BCUT2D eigenvalue weighted by atomic mass is 14.9. The maximum Gasteiger partial charge on any atom is 0.116 e. The summed E-state index contributed by atoms with van der Waals surface area (Å²) < 4.78 is 0. The Morgan fingerprint density at radius 3 is 1.07 bits per heavy atom. The second kappa shape index (κ2) is 13.1. The molecule has 56 heavy (non-hydrogen) atoms. The molecule has 10 aromatic rings. The maximum absolute atomic E-state index is 5.65. The quantitative estimate of drug-likeness (QED) is 0.182. The van der Waals surface area contributed by atoms with E-state index in [0.717, 1.165) is 88.7 Å². The number of nitrogens with zero attached hydrogens (tertiary/aromatic N) is 4. The van der Waals surface area contributed by atoms with E-state index in [-0.39, 0.29) is 0 Å². The highest BCUT2D eigenvalue weighted by Gasteiger charge is 2.26. The maximum atomic E-state index is 5.65. The standard InChI is InChI=1S/C52H32N4/c1-3-15-33(16-4-1)37-21-11-25-41-39(37)23-13-27-43(41)49-51-47(31-35-19-7-9-29-45(35)53-51)56-50(52-48(55-49)32-36-20-8-10-30-46(36)54-52)44-28-14-24-40-38(22-12-26-42(40)44)34-17-5-2-6-18-34/h1-32H/b51-49?,52-50?,55-48?,55-49-,56-47?,56-50-. The monoisotopic (exact) mass is 712 g/mol. The Balaban J connectivity index is 1.24. The van der Waals surface area contributed by atoms with Crippen molar-refractivity contribution < 1.29 is 0 Å². The van der Waals surface area contributed by atoms with Gasteiger partial charge < -0.3 is 0 Å². The van der Waals surface area contributed by atoms with Crippen LogP contribution < -0.4 is 0 Å². The topological polar surface area (TPSA) is 50.5 Å². The molecule has 0 radical (unpaired) electrons. The van der Waals surface area contributed by atoms with Crippen LogP contribution in [0.4, 0.5) is 11.4 Å². The van der Waals surface area contributed by atoms with Crippen LogP contribution in [-0.4, -0.2) is 21.4 Å². The Kier molecular flexibility index (Phi) is 7.46. The molecule has 0 unspecified atom stereocenters. The average molecular weight is 713 g/mol. The fourth-order valence-electron chi connectivity index (χ4n) is 8.22. The highest BCUT2D eigenvalue weighted by molar-refractivity contribution is 6.28. The van der Waals surface area contributed by atoms with Gasteiger partial charge in [-0.05, 0) is 68.1 Å². The lowest BCUT2D eigenvalue weighted by Crippen LogP contribution is -2.14. The summed E-state index contributed by atoms with van der Waals surface area (Å²) in [7, 11) is 0. The molecule has 3 heterocycles. The lowest BCUT2D eigenvalue weighted by molar-refractivity contribution is 1.27. The van der Waals surface area contributed by atoms with Crippen molar-refractivity contribution in [3.63, 3.8) is 0 Å². The normalized spacial score (nSPS) is 14.4. The Morgan fingerprint density at radius 1 is 0.286 bits per heavy atom. The number of aromatic nitrogens is 2. The summed E-state index contributed by atoms with van der Waals surface area (Å²) in [6.45, 7) is 0. The van der Waals surface area contributed by atoms with Gasteiger partial charge in [-0.1, -0.05) is 170 Å². The van der Waals surface area contributed by atoms with Crippen LogP contribution in [-0.2, 0) is 0 Å². The zero-order chi connectivity index (χ0) is 37.0.